The molecule has 0 aromatic carbocycles. The maximum Gasteiger partial charge on any atom is 0.305 e. The van der Waals surface area contributed by atoms with Gasteiger partial charge in [-0.25, -0.2) is 0 Å². The van der Waals surface area contributed by atoms with E-state index in [2.05, 4.69) is 33.8 Å². The van der Waals surface area contributed by atoms with Crippen LogP contribution in [0.3, 0.4) is 0 Å². The zero-order valence-electron chi connectivity index (χ0n) is 11.9. The van der Waals surface area contributed by atoms with Gasteiger partial charge in [0.1, 0.15) is 0 Å². The van der Waals surface area contributed by atoms with Crippen molar-refractivity contribution in [2.24, 2.45) is 17.3 Å². The van der Waals surface area contributed by atoms with Crippen LogP contribution < -0.4 is 0 Å². The highest BCUT2D eigenvalue weighted by Gasteiger charge is 2.52. The third-order valence-corrected chi connectivity index (χ3v) is 3.86. The minimum Gasteiger partial charge on any atom is -0.465 e. The molecule has 0 bridgehead atoms. The molecule has 98 valence electrons. The Kier molecular flexibility index (Phi) is 4.79. The molecule has 0 aromatic rings. The Morgan fingerprint density at radius 1 is 1.53 bits per heavy atom. The number of hydrogen-bond acceptors (Lipinski definition) is 2. The fourth-order valence-corrected chi connectivity index (χ4v) is 2.43. The molecule has 0 aromatic heterocycles. The van der Waals surface area contributed by atoms with E-state index in [4.69, 9.17) is 4.74 Å². The predicted molar refractivity (Wildman–Crippen MR) is 70.7 cm³/mol. The average Bonchev–Trinajstić information content (AvgIpc) is 2.96. The van der Waals surface area contributed by atoms with Gasteiger partial charge in [0.2, 0.25) is 0 Å². The smallest absolute Gasteiger partial charge is 0.305 e. The number of carbonyl (C=O) groups excluding carboxylic acids is 1. The van der Waals surface area contributed by atoms with Gasteiger partial charge in [0.05, 0.1) is 6.61 Å². The number of carbonyl (C=O) groups is 1. The van der Waals surface area contributed by atoms with E-state index in [9.17, 15) is 4.79 Å². The minimum atomic E-state index is -0.0752. The quantitative estimate of drug-likeness (QED) is 0.517. The largest absolute Gasteiger partial charge is 0.465 e. The second kappa shape index (κ2) is 5.70. The van der Waals surface area contributed by atoms with E-state index in [1.54, 1.807) is 0 Å². The highest BCUT2D eigenvalue weighted by molar-refractivity contribution is 5.68. The lowest BCUT2D eigenvalue weighted by Gasteiger charge is -2.15. The first-order chi connectivity index (χ1) is 7.89. The summed E-state index contributed by atoms with van der Waals surface area (Å²) in [5.74, 6) is 1.33. The lowest BCUT2D eigenvalue weighted by atomic mass is 9.94. The van der Waals surface area contributed by atoms with E-state index < -0.39 is 0 Å². The highest BCUT2D eigenvalue weighted by atomic mass is 16.5. The van der Waals surface area contributed by atoms with Crippen LogP contribution in [0.5, 0.6) is 0 Å². The van der Waals surface area contributed by atoms with Crippen LogP contribution in [0, 0.1) is 17.3 Å². The van der Waals surface area contributed by atoms with Crippen molar-refractivity contribution in [2.75, 3.05) is 6.61 Å². The molecule has 0 spiro atoms. The van der Waals surface area contributed by atoms with Crippen LogP contribution in [-0.2, 0) is 9.53 Å². The summed E-state index contributed by atoms with van der Waals surface area (Å²) in [6.07, 6.45) is 5.13. The first kappa shape index (κ1) is 14.3. The zero-order chi connectivity index (χ0) is 13.1. The van der Waals surface area contributed by atoms with E-state index in [0.29, 0.717) is 24.9 Å². The molecule has 0 amide bonds. The van der Waals surface area contributed by atoms with Crippen molar-refractivity contribution in [3.05, 3.63) is 11.6 Å². The average molecular weight is 238 g/mol. The molecule has 0 aliphatic heterocycles. The molecule has 2 nitrogen and oxygen atoms in total. The Labute approximate surface area is 105 Å². The molecule has 1 aliphatic carbocycles. The Hall–Kier alpha value is -0.790. The van der Waals surface area contributed by atoms with E-state index >= 15 is 0 Å². The lowest BCUT2D eigenvalue weighted by Crippen LogP contribution is -2.15. The molecule has 3 unspecified atom stereocenters. The Morgan fingerprint density at radius 3 is 2.71 bits per heavy atom. The summed E-state index contributed by atoms with van der Waals surface area (Å²) >= 11 is 0. The van der Waals surface area contributed by atoms with E-state index in [0.717, 1.165) is 6.42 Å². The molecule has 0 heterocycles. The van der Waals surface area contributed by atoms with Gasteiger partial charge >= 0.3 is 5.97 Å². The van der Waals surface area contributed by atoms with Crippen molar-refractivity contribution >= 4 is 5.97 Å². The number of rotatable bonds is 6. The van der Waals surface area contributed by atoms with E-state index in [1.165, 1.54) is 12.0 Å². The van der Waals surface area contributed by atoms with E-state index in [1.807, 2.05) is 6.92 Å². The minimum absolute atomic E-state index is 0.0752. The van der Waals surface area contributed by atoms with Crippen LogP contribution in [0.2, 0.25) is 0 Å². The molecule has 1 rings (SSSR count). The van der Waals surface area contributed by atoms with Crippen molar-refractivity contribution in [1.82, 2.24) is 0 Å². The Balaban J connectivity index is 2.35. The lowest BCUT2D eigenvalue weighted by molar-refractivity contribution is -0.145. The summed E-state index contributed by atoms with van der Waals surface area (Å²) in [6, 6.07) is 0. The summed E-state index contributed by atoms with van der Waals surface area (Å²) in [6.45, 7) is 11.3. The Bertz CT molecular complexity index is 302. The monoisotopic (exact) mass is 238 g/mol. The predicted octanol–water partition coefficient (Wildman–Crippen LogP) is 3.96. The van der Waals surface area contributed by atoms with Crippen molar-refractivity contribution in [3.8, 4) is 0 Å². The van der Waals surface area contributed by atoms with Gasteiger partial charge in [-0.15, -0.1) is 0 Å². The summed E-state index contributed by atoms with van der Waals surface area (Å²) < 4.78 is 5.27. The summed E-state index contributed by atoms with van der Waals surface area (Å²) in [5.41, 5.74) is 1.62. The topological polar surface area (TPSA) is 26.3 Å². The molecular formula is C15H26O2. The zero-order valence-corrected chi connectivity index (χ0v) is 11.9. The third-order valence-electron chi connectivity index (χ3n) is 3.86. The number of hydrogen-bond donors (Lipinski definition) is 0. The van der Waals surface area contributed by atoms with Crippen LogP contribution in [-0.4, -0.2) is 12.6 Å². The van der Waals surface area contributed by atoms with Gasteiger partial charge in [-0.1, -0.05) is 32.4 Å². The van der Waals surface area contributed by atoms with E-state index in [-0.39, 0.29) is 11.4 Å². The second-order valence-electron chi connectivity index (χ2n) is 5.97. The first-order valence-corrected chi connectivity index (χ1v) is 6.68. The molecule has 0 N–H and O–H groups in total. The van der Waals surface area contributed by atoms with Crippen LogP contribution in [0.1, 0.15) is 53.9 Å². The van der Waals surface area contributed by atoms with Gasteiger partial charge in [0, 0.05) is 11.8 Å². The summed E-state index contributed by atoms with van der Waals surface area (Å²) in [7, 11) is 0. The molecule has 0 saturated heterocycles. The van der Waals surface area contributed by atoms with Crippen LogP contribution in [0.4, 0.5) is 0 Å². The van der Waals surface area contributed by atoms with Crippen LogP contribution >= 0.6 is 0 Å². The summed E-state index contributed by atoms with van der Waals surface area (Å²) in [4.78, 5) is 11.1. The standard InChI is InChI=1S/C15H26O2/c1-6-14(16)17-10-15(5)9-13(15)12(4)8-7-11(2)3/h7,12-13H,6,8-10H2,1-5H3. The van der Waals surface area contributed by atoms with Crippen molar-refractivity contribution in [1.29, 1.82) is 0 Å². The maximum atomic E-state index is 11.1. The number of esters is 1. The molecule has 0 radical (unpaired) electrons. The maximum absolute atomic E-state index is 11.1. The van der Waals surface area contributed by atoms with Gasteiger partial charge in [0.15, 0.2) is 0 Å². The molecule has 2 heteroatoms. The van der Waals surface area contributed by atoms with Gasteiger partial charge in [-0.05, 0) is 38.5 Å². The van der Waals surface area contributed by atoms with Gasteiger partial charge in [-0.2, -0.15) is 0 Å². The van der Waals surface area contributed by atoms with Crippen molar-refractivity contribution in [2.45, 2.75) is 53.9 Å². The summed E-state index contributed by atoms with van der Waals surface area (Å²) in [5, 5.41) is 0. The number of ether oxygens (including phenoxy) is 1. The third kappa shape index (κ3) is 4.18. The van der Waals surface area contributed by atoms with Crippen molar-refractivity contribution < 1.29 is 9.53 Å². The molecule has 1 saturated carbocycles. The SMILES string of the molecule is CCC(=O)OCC1(C)CC1C(C)CC=C(C)C. The van der Waals surface area contributed by atoms with Crippen LogP contribution in [0.25, 0.3) is 0 Å². The van der Waals surface area contributed by atoms with Gasteiger partial charge in [0.25, 0.3) is 0 Å². The highest BCUT2D eigenvalue weighted by Crippen LogP contribution is 2.57. The normalized spacial score (nSPS) is 28.4. The molecular weight excluding hydrogens is 212 g/mol. The molecule has 1 aliphatic rings. The second-order valence-corrected chi connectivity index (χ2v) is 5.97. The molecule has 3 atom stereocenters. The van der Waals surface area contributed by atoms with Gasteiger partial charge < -0.3 is 4.74 Å². The Morgan fingerprint density at radius 2 is 2.18 bits per heavy atom. The number of allylic oxidation sites excluding steroid dienone is 2. The molecule has 1 fully saturated rings. The van der Waals surface area contributed by atoms with Crippen LogP contribution in [0.15, 0.2) is 11.6 Å². The molecule has 17 heavy (non-hydrogen) atoms. The van der Waals surface area contributed by atoms with Gasteiger partial charge in [-0.3, -0.25) is 4.79 Å². The fraction of sp³-hybridized carbons (Fsp3) is 0.800. The van der Waals surface area contributed by atoms with Crippen molar-refractivity contribution in [3.63, 3.8) is 0 Å². The first-order valence-electron chi connectivity index (χ1n) is 6.68. The fourth-order valence-electron chi connectivity index (χ4n) is 2.43.